The molecule has 0 radical (unpaired) electrons. The first-order chi connectivity index (χ1) is 15.8. The van der Waals surface area contributed by atoms with Crippen LogP contribution in [-0.4, -0.2) is 39.0 Å². The fourth-order valence-electron chi connectivity index (χ4n) is 3.63. The van der Waals surface area contributed by atoms with Crippen LogP contribution in [0.2, 0.25) is 0 Å². The van der Waals surface area contributed by atoms with E-state index in [1.165, 1.54) is 4.90 Å². The van der Waals surface area contributed by atoms with E-state index in [2.05, 4.69) is 15.3 Å². The topological polar surface area (TPSA) is 84.4 Å². The molecule has 1 N–H and O–H groups in total. The highest BCUT2D eigenvalue weighted by atomic mass is 16.5. The number of hydrogen-bond donors (Lipinski definition) is 1. The number of aryl methyl sites for hydroxylation is 1. The third-order valence-corrected chi connectivity index (χ3v) is 5.76. The zero-order valence-corrected chi connectivity index (χ0v) is 19.1. The van der Waals surface area contributed by atoms with Crippen LogP contribution in [0.4, 0.5) is 5.82 Å². The van der Waals surface area contributed by atoms with Crippen LogP contribution in [0.3, 0.4) is 0 Å². The summed E-state index contributed by atoms with van der Waals surface area (Å²) in [5, 5.41) is 2.85. The number of carbonyl (C=O) groups is 2. The van der Waals surface area contributed by atoms with Gasteiger partial charge in [-0.3, -0.25) is 19.5 Å². The molecule has 168 valence electrons. The summed E-state index contributed by atoms with van der Waals surface area (Å²) in [6.07, 6.45) is 3.41. The maximum absolute atomic E-state index is 13.4. The molecule has 7 nitrogen and oxygen atoms in total. The Morgan fingerprint density at radius 1 is 1.00 bits per heavy atom. The van der Waals surface area contributed by atoms with Crippen LogP contribution < -0.4 is 5.32 Å². The van der Waals surface area contributed by atoms with Crippen molar-refractivity contribution in [2.24, 2.45) is 0 Å². The Kier molecular flexibility index (Phi) is 5.96. The maximum atomic E-state index is 13.4. The van der Waals surface area contributed by atoms with Crippen molar-refractivity contribution >= 4 is 23.2 Å². The number of aromatic nitrogens is 2. The number of nitrogens with one attached hydrogen (secondary N) is 1. The summed E-state index contributed by atoms with van der Waals surface area (Å²) >= 11 is 0. The van der Waals surface area contributed by atoms with Crippen LogP contribution in [0.25, 0.3) is 16.7 Å². The van der Waals surface area contributed by atoms with E-state index in [4.69, 9.17) is 4.74 Å². The lowest BCUT2D eigenvalue weighted by Crippen LogP contribution is -2.57. The molecule has 1 aliphatic heterocycles. The third-order valence-electron chi connectivity index (χ3n) is 5.76. The molecule has 0 aliphatic carbocycles. The van der Waals surface area contributed by atoms with E-state index < -0.39 is 5.54 Å². The Hall–Kier alpha value is -4.00. The molecule has 2 amide bonds. The zero-order valence-electron chi connectivity index (χ0n) is 19.1. The van der Waals surface area contributed by atoms with Gasteiger partial charge in [-0.2, -0.15) is 0 Å². The summed E-state index contributed by atoms with van der Waals surface area (Å²) in [7, 11) is 0. The van der Waals surface area contributed by atoms with Gasteiger partial charge in [-0.15, -0.1) is 0 Å². The van der Waals surface area contributed by atoms with Gasteiger partial charge in [0.2, 0.25) is 0 Å². The van der Waals surface area contributed by atoms with Crippen molar-refractivity contribution in [3.63, 3.8) is 0 Å². The Morgan fingerprint density at radius 3 is 2.45 bits per heavy atom. The Balaban J connectivity index is 1.56. The van der Waals surface area contributed by atoms with Crippen molar-refractivity contribution in [1.29, 1.82) is 0 Å². The summed E-state index contributed by atoms with van der Waals surface area (Å²) in [5.74, 6) is 0.321. The molecule has 2 aromatic heterocycles. The fraction of sp³-hybridized carbons (Fsp3) is 0.231. The predicted octanol–water partition coefficient (Wildman–Crippen LogP) is 4.42. The second-order valence-corrected chi connectivity index (χ2v) is 8.43. The smallest absolute Gasteiger partial charge is 0.261 e. The molecule has 0 saturated heterocycles. The van der Waals surface area contributed by atoms with E-state index in [1.807, 2.05) is 55.5 Å². The lowest BCUT2D eigenvalue weighted by molar-refractivity contribution is -0.147. The number of nitrogens with zero attached hydrogens (tertiary/aromatic N) is 3. The number of benzene rings is 1. The number of ether oxygens (including phenoxy) is 1. The highest BCUT2D eigenvalue weighted by molar-refractivity contribution is 6.21. The van der Waals surface area contributed by atoms with Gasteiger partial charge in [0.05, 0.1) is 5.57 Å². The molecule has 0 unspecified atom stereocenters. The Bertz CT molecular complexity index is 1220. The molecule has 3 heterocycles. The number of carbonyl (C=O) groups excluding carboxylic acids is 2. The van der Waals surface area contributed by atoms with Gasteiger partial charge < -0.3 is 10.1 Å². The van der Waals surface area contributed by atoms with Gasteiger partial charge in [-0.25, -0.2) is 4.98 Å². The first-order valence-electron chi connectivity index (χ1n) is 10.7. The fourth-order valence-corrected chi connectivity index (χ4v) is 3.63. The van der Waals surface area contributed by atoms with E-state index in [9.17, 15) is 9.59 Å². The monoisotopic (exact) mass is 442 g/mol. The second kappa shape index (κ2) is 8.86. The van der Waals surface area contributed by atoms with Crippen molar-refractivity contribution < 1.29 is 14.3 Å². The van der Waals surface area contributed by atoms with Crippen molar-refractivity contribution in [2.75, 3.05) is 12.0 Å². The normalized spacial score (nSPS) is 14.2. The molecule has 0 bridgehead atoms. The largest absolute Gasteiger partial charge is 0.477 e. The summed E-state index contributed by atoms with van der Waals surface area (Å²) < 4.78 is 5.78. The number of pyridine rings is 2. The van der Waals surface area contributed by atoms with Crippen molar-refractivity contribution in [3.8, 4) is 11.1 Å². The summed E-state index contributed by atoms with van der Waals surface area (Å²) in [5.41, 5.74) is 2.76. The predicted molar refractivity (Wildman–Crippen MR) is 127 cm³/mol. The summed E-state index contributed by atoms with van der Waals surface area (Å²) in [6.45, 7) is 7.07. The van der Waals surface area contributed by atoms with Crippen molar-refractivity contribution in [2.45, 2.75) is 33.2 Å². The SMILES string of the molecule is CC1=C(c2ccccc2)C(=O)N(C(C)(C)C(=O)Nc2cc(-c3ccc(C)nc3)ccn2)CO1. The van der Waals surface area contributed by atoms with Gasteiger partial charge in [-0.05, 0) is 57.0 Å². The maximum Gasteiger partial charge on any atom is 0.261 e. The van der Waals surface area contributed by atoms with Crippen LogP contribution in [0, 0.1) is 6.92 Å². The molecule has 0 atom stereocenters. The van der Waals surface area contributed by atoms with Gasteiger partial charge in [0.25, 0.3) is 11.8 Å². The second-order valence-electron chi connectivity index (χ2n) is 8.43. The van der Waals surface area contributed by atoms with Crippen molar-refractivity contribution in [3.05, 3.63) is 84.0 Å². The van der Waals surface area contributed by atoms with Gasteiger partial charge in [0.15, 0.2) is 6.73 Å². The molecule has 0 fully saturated rings. The molecule has 4 rings (SSSR count). The molecular formula is C26H26N4O3. The average molecular weight is 443 g/mol. The minimum atomic E-state index is -1.18. The number of anilines is 1. The first-order valence-corrected chi connectivity index (χ1v) is 10.7. The summed E-state index contributed by atoms with van der Waals surface area (Å²) in [4.78, 5) is 36.7. The van der Waals surface area contributed by atoms with E-state index in [0.29, 0.717) is 17.2 Å². The molecule has 33 heavy (non-hydrogen) atoms. The van der Waals surface area contributed by atoms with Gasteiger partial charge in [0.1, 0.15) is 17.1 Å². The molecule has 1 aliphatic rings. The van der Waals surface area contributed by atoms with Gasteiger partial charge >= 0.3 is 0 Å². The molecule has 1 aromatic carbocycles. The molecule has 3 aromatic rings. The van der Waals surface area contributed by atoms with E-state index in [1.54, 1.807) is 39.2 Å². The lowest BCUT2D eigenvalue weighted by atomic mass is 9.96. The number of hydrogen-bond acceptors (Lipinski definition) is 5. The first kappa shape index (κ1) is 22.2. The Labute approximate surface area is 193 Å². The van der Waals surface area contributed by atoms with Crippen LogP contribution in [0.5, 0.6) is 0 Å². The lowest BCUT2D eigenvalue weighted by Gasteiger charge is -2.40. The Morgan fingerprint density at radius 2 is 1.76 bits per heavy atom. The number of rotatable bonds is 5. The van der Waals surface area contributed by atoms with Crippen LogP contribution in [0.1, 0.15) is 32.0 Å². The van der Waals surface area contributed by atoms with Crippen LogP contribution in [-0.2, 0) is 14.3 Å². The number of allylic oxidation sites excluding steroid dienone is 1. The molecule has 0 saturated carbocycles. The molecule has 7 heteroatoms. The van der Waals surface area contributed by atoms with Crippen LogP contribution >= 0.6 is 0 Å². The summed E-state index contributed by atoms with van der Waals surface area (Å²) in [6, 6.07) is 16.9. The van der Waals surface area contributed by atoms with Crippen LogP contribution in [0.15, 0.2) is 72.8 Å². The number of amides is 2. The van der Waals surface area contributed by atoms with E-state index in [-0.39, 0.29) is 18.5 Å². The highest BCUT2D eigenvalue weighted by Gasteiger charge is 2.42. The average Bonchev–Trinajstić information content (AvgIpc) is 2.80. The van der Waals surface area contributed by atoms with E-state index >= 15 is 0 Å². The molecule has 0 spiro atoms. The third kappa shape index (κ3) is 4.48. The minimum absolute atomic E-state index is 0.01000. The molecular weight excluding hydrogens is 416 g/mol. The minimum Gasteiger partial charge on any atom is -0.477 e. The zero-order chi connectivity index (χ0) is 23.6. The highest BCUT2D eigenvalue weighted by Crippen LogP contribution is 2.31. The van der Waals surface area contributed by atoms with Gasteiger partial charge in [-0.1, -0.05) is 36.4 Å². The quantitative estimate of drug-likeness (QED) is 0.632. The standard InChI is InChI=1S/C26H26N4O3/c1-17-10-11-21(15-28-17)20-12-13-27-22(14-20)29-25(32)26(3,4)30-16-33-18(2)23(24(30)31)19-8-6-5-7-9-19/h5-15H,16H2,1-4H3,(H,27,29,32). The van der Waals surface area contributed by atoms with Crippen molar-refractivity contribution in [1.82, 2.24) is 14.9 Å². The van der Waals surface area contributed by atoms with E-state index in [0.717, 1.165) is 22.4 Å². The van der Waals surface area contributed by atoms with Gasteiger partial charge in [0, 0.05) is 23.7 Å².